The quantitative estimate of drug-likeness (QED) is 0.491. The molecule has 0 spiro atoms. The molecule has 0 radical (unpaired) electrons. The number of rotatable bonds is 8. The maximum Gasteiger partial charge on any atom is 0.305 e. The molecule has 0 aromatic heterocycles. The molecular formula is C18H20F3NO4. The van der Waals surface area contributed by atoms with E-state index in [1.54, 1.807) is 0 Å². The van der Waals surface area contributed by atoms with Crippen molar-refractivity contribution in [1.82, 2.24) is 5.48 Å². The van der Waals surface area contributed by atoms with Gasteiger partial charge in [-0.15, -0.1) is 0 Å². The van der Waals surface area contributed by atoms with Crippen molar-refractivity contribution < 1.29 is 33.0 Å². The number of hydroxylamine groups is 1. The van der Waals surface area contributed by atoms with E-state index in [1.807, 2.05) is 30.3 Å². The number of aliphatic carboxylic acids is 1. The number of carboxylic acids is 1. The van der Waals surface area contributed by atoms with Gasteiger partial charge in [-0.05, 0) is 23.6 Å². The molecule has 26 heavy (non-hydrogen) atoms. The van der Waals surface area contributed by atoms with Crippen LogP contribution in [-0.2, 0) is 22.7 Å². The van der Waals surface area contributed by atoms with Gasteiger partial charge in [-0.3, -0.25) is 9.63 Å². The van der Waals surface area contributed by atoms with Crippen LogP contribution in [0.15, 0.2) is 42.5 Å². The van der Waals surface area contributed by atoms with E-state index in [-0.39, 0.29) is 25.0 Å². The third kappa shape index (κ3) is 7.22. The van der Waals surface area contributed by atoms with Crippen molar-refractivity contribution in [2.45, 2.75) is 25.5 Å². The van der Waals surface area contributed by atoms with E-state index in [0.29, 0.717) is 6.07 Å². The number of halogens is 3. The van der Waals surface area contributed by atoms with E-state index in [4.69, 9.17) is 15.1 Å². The van der Waals surface area contributed by atoms with Crippen LogP contribution >= 0.6 is 0 Å². The second-order valence-electron chi connectivity index (χ2n) is 5.25. The number of aliphatic hydroxyl groups is 1. The predicted octanol–water partition coefficient (Wildman–Crippen LogP) is 2.82. The molecule has 0 saturated heterocycles. The molecule has 0 aliphatic heterocycles. The van der Waals surface area contributed by atoms with Crippen LogP contribution in [0.4, 0.5) is 13.2 Å². The Hall–Kier alpha value is -2.42. The lowest BCUT2D eigenvalue weighted by Gasteiger charge is -2.17. The van der Waals surface area contributed by atoms with Gasteiger partial charge in [-0.25, -0.2) is 13.2 Å². The average molecular weight is 371 g/mol. The van der Waals surface area contributed by atoms with Crippen LogP contribution in [0, 0.1) is 17.5 Å². The van der Waals surface area contributed by atoms with Crippen molar-refractivity contribution in [3.63, 3.8) is 0 Å². The van der Waals surface area contributed by atoms with Gasteiger partial charge in [-0.1, -0.05) is 30.3 Å². The van der Waals surface area contributed by atoms with E-state index in [9.17, 15) is 18.0 Å². The van der Waals surface area contributed by atoms with E-state index >= 15 is 0 Å². The lowest BCUT2D eigenvalue weighted by molar-refractivity contribution is -0.138. The maximum absolute atomic E-state index is 13.7. The Morgan fingerprint density at radius 2 is 1.69 bits per heavy atom. The van der Waals surface area contributed by atoms with Gasteiger partial charge in [0.15, 0.2) is 11.6 Å². The minimum absolute atomic E-state index is 0.129. The van der Waals surface area contributed by atoms with Gasteiger partial charge in [-0.2, -0.15) is 5.48 Å². The second-order valence-corrected chi connectivity index (χ2v) is 5.25. The minimum atomic E-state index is -1.29. The van der Waals surface area contributed by atoms with Crippen molar-refractivity contribution in [3.8, 4) is 0 Å². The summed E-state index contributed by atoms with van der Waals surface area (Å²) in [6.45, 7) is 0.178. The second kappa shape index (κ2) is 11.2. The molecule has 1 unspecified atom stereocenters. The van der Waals surface area contributed by atoms with Gasteiger partial charge in [0.1, 0.15) is 5.82 Å². The first-order valence-corrected chi connectivity index (χ1v) is 7.67. The summed E-state index contributed by atoms with van der Waals surface area (Å²) in [5, 5.41) is 15.9. The smallest absolute Gasteiger partial charge is 0.305 e. The largest absolute Gasteiger partial charge is 0.481 e. The summed E-state index contributed by atoms with van der Waals surface area (Å²) in [6.07, 6.45) is -0.530. The molecule has 0 aliphatic carbocycles. The Labute approximate surface area is 149 Å². The van der Waals surface area contributed by atoms with Crippen molar-refractivity contribution in [2.24, 2.45) is 0 Å². The van der Waals surface area contributed by atoms with Crippen LogP contribution in [0.1, 0.15) is 17.5 Å². The Morgan fingerprint density at radius 1 is 1.08 bits per heavy atom. The van der Waals surface area contributed by atoms with Crippen LogP contribution < -0.4 is 5.48 Å². The number of aliphatic hydroxyl groups excluding tert-OH is 1. The first-order chi connectivity index (χ1) is 12.5. The van der Waals surface area contributed by atoms with Crippen molar-refractivity contribution in [3.05, 3.63) is 71.0 Å². The molecule has 0 amide bonds. The lowest BCUT2D eigenvalue weighted by atomic mass is 10.0. The fourth-order valence-corrected chi connectivity index (χ4v) is 2.17. The minimum Gasteiger partial charge on any atom is -0.481 e. The number of hydrogen-bond acceptors (Lipinski definition) is 4. The summed E-state index contributed by atoms with van der Waals surface area (Å²) < 4.78 is 39.9. The summed E-state index contributed by atoms with van der Waals surface area (Å²) in [5.74, 6) is -4.54. The Bertz CT molecular complexity index is 698. The summed E-state index contributed by atoms with van der Waals surface area (Å²) in [7, 11) is 1.00. The zero-order valence-corrected chi connectivity index (χ0v) is 14.1. The van der Waals surface area contributed by atoms with E-state index in [1.165, 1.54) is 0 Å². The predicted molar refractivity (Wildman–Crippen MR) is 88.6 cm³/mol. The van der Waals surface area contributed by atoms with Gasteiger partial charge < -0.3 is 10.2 Å². The molecule has 5 nitrogen and oxygen atoms in total. The molecule has 1 atom stereocenters. The zero-order chi connectivity index (χ0) is 19.5. The highest BCUT2D eigenvalue weighted by Gasteiger charge is 2.18. The molecule has 2 aromatic rings. The third-order valence-corrected chi connectivity index (χ3v) is 3.31. The number of carbonyl (C=O) groups is 1. The SMILES string of the molecule is CO.O=C(O)CC(Cc1cc(F)c(F)cc1F)NOCc1ccccc1. The average Bonchev–Trinajstić information content (AvgIpc) is 2.61. The Kier molecular flexibility index (Phi) is 9.35. The van der Waals surface area contributed by atoms with Crippen LogP contribution in [0.3, 0.4) is 0 Å². The van der Waals surface area contributed by atoms with Gasteiger partial charge in [0, 0.05) is 19.2 Å². The standard InChI is InChI=1S/C17H16F3NO3.CH4O/c18-14-9-16(20)15(19)7-12(14)6-13(8-17(22)23)21-24-10-11-4-2-1-3-5-11;1-2/h1-5,7,9,13,21H,6,8,10H2,(H,22,23);2H,1H3. The number of hydrogen-bond donors (Lipinski definition) is 3. The topological polar surface area (TPSA) is 78.8 Å². The molecule has 0 fully saturated rings. The van der Waals surface area contributed by atoms with Crippen LogP contribution in [0.25, 0.3) is 0 Å². The first-order valence-electron chi connectivity index (χ1n) is 7.67. The summed E-state index contributed by atoms with van der Waals surface area (Å²) in [4.78, 5) is 16.2. The summed E-state index contributed by atoms with van der Waals surface area (Å²) >= 11 is 0. The highest BCUT2D eigenvalue weighted by atomic mass is 19.2. The van der Waals surface area contributed by atoms with Crippen molar-refractivity contribution in [1.29, 1.82) is 0 Å². The molecule has 142 valence electrons. The third-order valence-electron chi connectivity index (χ3n) is 3.31. The molecule has 3 N–H and O–H groups in total. The summed E-state index contributed by atoms with van der Waals surface area (Å²) in [6, 6.07) is 9.49. The van der Waals surface area contributed by atoms with Crippen LogP contribution in [0.5, 0.6) is 0 Å². The van der Waals surface area contributed by atoms with E-state index < -0.39 is 29.5 Å². The fraction of sp³-hybridized carbons (Fsp3) is 0.278. The molecule has 0 saturated carbocycles. The normalized spacial score (nSPS) is 11.4. The molecule has 8 heteroatoms. The maximum atomic E-state index is 13.7. The molecule has 2 rings (SSSR count). The van der Waals surface area contributed by atoms with E-state index in [2.05, 4.69) is 5.48 Å². The van der Waals surface area contributed by atoms with Crippen molar-refractivity contribution in [2.75, 3.05) is 7.11 Å². The Balaban J connectivity index is 0.00000163. The first kappa shape index (κ1) is 21.6. The van der Waals surface area contributed by atoms with Gasteiger partial charge in [0.05, 0.1) is 13.0 Å². The highest BCUT2D eigenvalue weighted by Crippen LogP contribution is 2.16. The number of nitrogens with one attached hydrogen (secondary N) is 1. The zero-order valence-electron chi connectivity index (χ0n) is 14.1. The molecule has 2 aromatic carbocycles. The van der Waals surface area contributed by atoms with Gasteiger partial charge in [0.2, 0.25) is 0 Å². The number of carboxylic acid groups (broad SMARTS) is 1. The molecule has 0 bridgehead atoms. The molecule has 0 aliphatic rings. The summed E-state index contributed by atoms with van der Waals surface area (Å²) in [5.41, 5.74) is 3.28. The van der Waals surface area contributed by atoms with Gasteiger partial charge in [0.25, 0.3) is 0 Å². The van der Waals surface area contributed by atoms with Crippen LogP contribution in [-0.4, -0.2) is 29.3 Å². The Morgan fingerprint density at radius 3 is 2.31 bits per heavy atom. The number of benzene rings is 2. The lowest BCUT2D eigenvalue weighted by Crippen LogP contribution is -2.33. The monoisotopic (exact) mass is 371 g/mol. The highest BCUT2D eigenvalue weighted by molar-refractivity contribution is 5.67. The molecular weight excluding hydrogens is 351 g/mol. The molecule has 0 heterocycles. The van der Waals surface area contributed by atoms with Crippen LogP contribution in [0.2, 0.25) is 0 Å². The van der Waals surface area contributed by atoms with Crippen molar-refractivity contribution >= 4 is 5.97 Å². The van der Waals surface area contributed by atoms with Gasteiger partial charge >= 0.3 is 5.97 Å². The van der Waals surface area contributed by atoms with E-state index in [0.717, 1.165) is 18.7 Å². The fourth-order valence-electron chi connectivity index (χ4n) is 2.17.